The number of carbonyl (C=O) groups is 1. The Morgan fingerprint density at radius 1 is 1.47 bits per heavy atom. The van der Waals surface area contributed by atoms with E-state index in [-0.39, 0.29) is 11.7 Å². The number of carboxylic acids is 1. The Balaban J connectivity index is 2.30. The minimum Gasteiger partial charge on any atom is -0.481 e. The molecule has 2 rings (SSSR count). The van der Waals surface area contributed by atoms with E-state index in [1.54, 1.807) is 12.1 Å². The van der Waals surface area contributed by atoms with E-state index >= 15 is 0 Å². The minimum atomic E-state index is -0.784. The summed E-state index contributed by atoms with van der Waals surface area (Å²) in [7, 11) is 0. The summed E-state index contributed by atoms with van der Waals surface area (Å²) in [6.45, 7) is 5.36. The van der Waals surface area contributed by atoms with E-state index in [0.29, 0.717) is 23.6 Å². The van der Waals surface area contributed by atoms with Gasteiger partial charge in [-0.2, -0.15) is 0 Å². The zero-order valence-electron chi connectivity index (χ0n) is 10.9. The van der Waals surface area contributed by atoms with Crippen molar-refractivity contribution in [2.75, 3.05) is 13.1 Å². The van der Waals surface area contributed by atoms with Gasteiger partial charge in [-0.15, -0.1) is 0 Å². The molecule has 2 atom stereocenters. The Hall–Kier alpha value is -0.940. The number of likely N-dealkylation sites (tertiary alicyclic amines) is 1. The standard InChI is InChI=1S/C14H17BrFNO2/c1-8(2)17-6-10(11(7-17)14(18)19)9-3-4-13(16)12(15)5-9/h3-5,8,10-11H,6-7H2,1-2H3,(H,18,19). The highest BCUT2D eigenvalue weighted by Gasteiger charge is 2.39. The first-order chi connectivity index (χ1) is 8.90. The fraction of sp³-hybridized carbons (Fsp3) is 0.500. The summed E-state index contributed by atoms with van der Waals surface area (Å²) in [6.07, 6.45) is 0. The van der Waals surface area contributed by atoms with Gasteiger partial charge in [-0.1, -0.05) is 6.07 Å². The first-order valence-electron chi connectivity index (χ1n) is 6.32. The first kappa shape index (κ1) is 14.5. The molecule has 0 saturated carbocycles. The lowest BCUT2D eigenvalue weighted by atomic mass is 9.89. The molecular formula is C14H17BrFNO2. The summed E-state index contributed by atoms with van der Waals surface area (Å²) in [4.78, 5) is 13.5. The van der Waals surface area contributed by atoms with E-state index in [1.165, 1.54) is 6.07 Å². The van der Waals surface area contributed by atoms with Crippen molar-refractivity contribution >= 4 is 21.9 Å². The summed E-state index contributed by atoms with van der Waals surface area (Å²) in [6, 6.07) is 5.08. The third kappa shape index (κ3) is 2.98. The van der Waals surface area contributed by atoms with Crippen LogP contribution in [-0.4, -0.2) is 35.1 Å². The van der Waals surface area contributed by atoms with Crippen molar-refractivity contribution in [3.8, 4) is 0 Å². The normalized spacial score (nSPS) is 24.1. The number of hydrogen-bond acceptors (Lipinski definition) is 2. The minimum absolute atomic E-state index is 0.0863. The molecule has 2 unspecified atom stereocenters. The van der Waals surface area contributed by atoms with Crippen LogP contribution in [0.15, 0.2) is 22.7 Å². The summed E-state index contributed by atoms with van der Waals surface area (Å²) >= 11 is 3.16. The number of benzene rings is 1. The van der Waals surface area contributed by atoms with Crippen LogP contribution in [0.25, 0.3) is 0 Å². The Kier molecular flexibility index (Phi) is 4.26. The van der Waals surface area contributed by atoms with Crippen LogP contribution >= 0.6 is 15.9 Å². The van der Waals surface area contributed by atoms with Gasteiger partial charge >= 0.3 is 5.97 Å². The lowest BCUT2D eigenvalue weighted by molar-refractivity contribution is -0.141. The molecule has 0 spiro atoms. The highest BCUT2D eigenvalue weighted by atomic mass is 79.9. The van der Waals surface area contributed by atoms with Gasteiger partial charge in [0.05, 0.1) is 10.4 Å². The summed E-state index contributed by atoms with van der Waals surface area (Å²) in [5.74, 6) is -1.63. The lowest BCUT2D eigenvalue weighted by Gasteiger charge is -2.20. The van der Waals surface area contributed by atoms with E-state index in [0.717, 1.165) is 5.56 Å². The first-order valence-corrected chi connectivity index (χ1v) is 7.11. The quantitative estimate of drug-likeness (QED) is 0.926. The van der Waals surface area contributed by atoms with Crippen molar-refractivity contribution in [2.24, 2.45) is 5.92 Å². The number of carboxylic acid groups (broad SMARTS) is 1. The van der Waals surface area contributed by atoms with Crippen LogP contribution < -0.4 is 0 Å². The zero-order valence-corrected chi connectivity index (χ0v) is 12.5. The van der Waals surface area contributed by atoms with Gasteiger partial charge in [0.25, 0.3) is 0 Å². The molecule has 104 valence electrons. The molecule has 19 heavy (non-hydrogen) atoms. The predicted octanol–water partition coefficient (Wildman–Crippen LogP) is 3.10. The molecule has 1 aliphatic heterocycles. The van der Waals surface area contributed by atoms with E-state index in [4.69, 9.17) is 0 Å². The van der Waals surface area contributed by atoms with Crippen molar-refractivity contribution in [1.82, 2.24) is 4.90 Å². The fourth-order valence-electron chi connectivity index (χ4n) is 2.59. The topological polar surface area (TPSA) is 40.5 Å². The SMILES string of the molecule is CC(C)N1CC(C(=O)O)C(c2ccc(F)c(Br)c2)C1. The monoisotopic (exact) mass is 329 g/mol. The van der Waals surface area contributed by atoms with Gasteiger partial charge in [-0.05, 0) is 47.5 Å². The molecule has 3 nitrogen and oxygen atoms in total. The summed E-state index contributed by atoms with van der Waals surface area (Å²) in [5, 5.41) is 9.36. The van der Waals surface area contributed by atoms with E-state index in [2.05, 4.69) is 34.7 Å². The number of aliphatic carboxylic acids is 1. The molecule has 0 amide bonds. The van der Waals surface area contributed by atoms with Gasteiger partial charge in [-0.25, -0.2) is 4.39 Å². The predicted molar refractivity (Wildman–Crippen MR) is 74.7 cm³/mol. The summed E-state index contributed by atoms with van der Waals surface area (Å²) in [5.41, 5.74) is 0.879. The van der Waals surface area contributed by atoms with Crippen LogP contribution in [0.5, 0.6) is 0 Å². The number of halogens is 2. The molecule has 1 heterocycles. The molecule has 1 aromatic carbocycles. The number of nitrogens with zero attached hydrogens (tertiary/aromatic N) is 1. The second kappa shape index (κ2) is 5.59. The lowest BCUT2D eigenvalue weighted by Crippen LogP contribution is -2.29. The third-order valence-electron chi connectivity index (χ3n) is 3.77. The van der Waals surface area contributed by atoms with Gasteiger partial charge in [0.1, 0.15) is 5.82 Å². The third-order valence-corrected chi connectivity index (χ3v) is 4.38. The maximum atomic E-state index is 13.3. The van der Waals surface area contributed by atoms with Crippen LogP contribution in [0.4, 0.5) is 4.39 Å². The van der Waals surface area contributed by atoms with E-state index in [9.17, 15) is 14.3 Å². The average molecular weight is 330 g/mol. The van der Waals surface area contributed by atoms with Crippen molar-refractivity contribution in [2.45, 2.75) is 25.8 Å². The van der Waals surface area contributed by atoms with Gasteiger partial charge < -0.3 is 5.11 Å². The highest BCUT2D eigenvalue weighted by molar-refractivity contribution is 9.10. The Morgan fingerprint density at radius 2 is 2.16 bits per heavy atom. The molecule has 0 radical (unpaired) electrons. The molecule has 1 saturated heterocycles. The molecule has 1 fully saturated rings. The number of hydrogen-bond donors (Lipinski definition) is 1. The Bertz CT molecular complexity index is 492. The van der Waals surface area contributed by atoms with E-state index < -0.39 is 11.9 Å². The van der Waals surface area contributed by atoms with Gasteiger partial charge in [0, 0.05) is 25.0 Å². The molecule has 0 aromatic heterocycles. The van der Waals surface area contributed by atoms with Crippen LogP contribution in [0.2, 0.25) is 0 Å². The molecule has 1 aliphatic rings. The average Bonchev–Trinajstić information content (AvgIpc) is 2.78. The summed E-state index contributed by atoms with van der Waals surface area (Å²) < 4.78 is 13.7. The second-order valence-corrected chi connectivity index (χ2v) is 6.13. The second-order valence-electron chi connectivity index (χ2n) is 5.27. The van der Waals surface area contributed by atoms with Gasteiger partial charge in [0.15, 0.2) is 0 Å². The van der Waals surface area contributed by atoms with Crippen LogP contribution in [0.3, 0.4) is 0 Å². The van der Waals surface area contributed by atoms with Crippen molar-refractivity contribution in [1.29, 1.82) is 0 Å². The van der Waals surface area contributed by atoms with Crippen LogP contribution in [-0.2, 0) is 4.79 Å². The van der Waals surface area contributed by atoms with E-state index in [1.807, 2.05) is 0 Å². The van der Waals surface area contributed by atoms with Crippen molar-refractivity contribution in [3.63, 3.8) is 0 Å². The Morgan fingerprint density at radius 3 is 2.68 bits per heavy atom. The van der Waals surface area contributed by atoms with Crippen LogP contribution in [0, 0.1) is 11.7 Å². The van der Waals surface area contributed by atoms with Crippen LogP contribution in [0.1, 0.15) is 25.3 Å². The molecular weight excluding hydrogens is 313 g/mol. The maximum Gasteiger partial charge on any atom is 0.308 e. The molecule has 0 aliphatic carbocycles. The maximum absolute atomic E-state index is 13.3. The largest absolute Gasteiger partial charge is 0.481 e. The van der Waals surface area contributed by atoms with Gasteiger partial charge in [-0.3, -0.25) is 9.69 Å². The smallest absolute Gasteiger partial charge is 0.308 e. The fourth-order valence-corrected chi connectivity index (χ4v) is 2.98. The number of rotatable bonds is 3. The zero-order chi connectivity index (χ0) is 14.2. The van der Waals surface area contributed by atoms with Crippen molar-refractivity contribution in [3.05, 3.63) is 34.1 Å². The van der Waals surface area contributed by atoms with Crippen molar-refractivity contribution < 1.29 is 14.3 Å². The van der Waals surface area contributed by atoms with Gasteiger partial charge in [0.2, 0.25) is 0 Å². The Labute approximate surface area is 120 Å². The molecule has 1 N–H and O–H groups in total. The molecule has 5 heteroatoms. The molecule has 1 aromatic rings. The highest BCUT2D eigenvalue weighted by Crippen LogP contribution is 2.35. The molecule has 0 bridgehead atoms.